The van der Waals surface area contributed by atoms with Gasteiger partial charge in [0.05, 0.1) is 23.8 Å². The number of rotatable bonds is 3. The molecule has 1 aromatic carbocycles. The topological polar surface area (TPSA) is 61.2 Å². The van der Waals surface area contributed by atoms with Crippen molar-refractivity contribution in [3.63, 3.8) is 0 Å². The van der Waals surface area contributed by atoms with Gasteiger partial charge in [-0.05, 0) is 18.4 Å². The summed E-state index contributed by atoms with van der Waals surface area (Å²) in [6, 6.07) is 7.97. The molecule has 0 spiro atoms. The lowest BCUT2D eigenvalue weighted by molar-refractivity contribution is -0.0321. The van der Waals surface area contributed by atoms with Crippen LogP contribution in [0.4, 0.5) is 8.78 Å². The quantitative estimate of drug-likeness (QED) is 0.860. The number of nitriles is 1. The van der Waals surface area contributed by atoms with Crippen LogP contribution in [0.5, 0.6) is 0 Å². The molecule has 1 aliphatic carbocycles. The second kappa shape index (κ2) is 4.49. The summed E-state index contributed by atoms with van der Waals surface area (Å²) in [5.41, 5.74) is -0.664. The number of hydrogen-bond acceptors (Lipinski definition) is 3. The summed E-state index contributed by atoms with van der Waals surface area (Å²) in [5.74, 6) is -3.57. The zero-order valence-corrected chi connectivity index (χ0v) is 12.0. The molecule has 3 rings (SSSR count). The van der Waals surface area contributed by atoms with Gasteiger partial charge < -0.3 is 0 Å². The van der Waals surface area contributed by atoms with Gasteiger partial charge in [0.1, 0.15) is 0 Å². The smallest absolute Gasteiger partial charge is 0.212 e. The van der Waals surface area contributed by atoms with Gasteiger partial charge in [0.25, 0.3) is 5.92 Å². The van der Waals surface area contributed by atoms with E-state index >= 15 is 0 Å². The summed E-state index contributed by atoms with van der Waals surface area (Å²) in [4.78, 5) is 0. The summed E-state index contributed by atoms with van der Waals surface area (Å²) in [6.45, 7) is -0.913. The van der Waals surface area contributed by atoms with Gasteiger partial charge in [-0.15, -0.1) is 0 Å². The van der Waals surface area contributed by atoms with E-state index in [0.29, 0.717) is 18.4 Å². The molecule has 112 valence electrons. The summed E-state index contributed by atoms with van der Waals surface area (Å²) in [7, 11) is -3.87. The summed E-state index contributed by atoms with van der Waals surface area (Å²) in [5, 5.41) is 9.00. The zero-order valence-electron chi connectivity index (χ0n) is 11.2. The predicted octanol–water partition coefficient (Wildman–Crippen LogP) is 2.23. The summed E-state index contributed by atoms with van der Waals surface area (Å²) >= 11 is 0. The molecule has 1 fully saturated rings. The fraction of sp³-hybridized carbons (Fsp3) is 0.500. The van der Waals surface area contributed by atoms with Crippen molar-refractivity contribution in [1.29, 1.82) is 5.26 Å². The molecule has 0 amide bonds. The number of halogens is 2. The number of hydrogen-bond donors (Lipinski definition) is 0. The Morgan fingerprint density at radius 2 is 1.95 bits per heavy atom. The Kier molecular flexibility index (Phi) is 3.08. The van der Waals surface area contributed by atoms with Crippen molar-refractivity contribution in [2.24, 2.45) is 5.41 Å². The van der Waals surface area contributed by atoms with Crippen LogP contribution < -0.4 is 0 Å². The van der Waals surface area contributed by atoms with Gasteiger partial charge in [0.15, 0.2) is 0 Å². The third-order valence-electron chi connectivity index (χ3n) is 4.08. The molecule has 21 heavy (non-hydrogen) atoms. The van der Waals surface area contributed by atoms with Gasteiger partial charge in [0, 0.05) is 12.1 Å². The van der Waals surface area contributed by atoms with Crippen LogP contribution in [0.1, 0.15) is 24.0 Å². The Hall–Kier alpha value is -1.52. The third-order valence-corrected chi connectivity index (χ3v) is 6.04. The largest absolute Gasteiger partial charge is 0.287 e. The molecular formula is C14H14F2N2O2S. The molecule has 1 aliphatic heterocycles. The highest BCUT2D eigenvalue weighted by Gasteiger charge is 2.50. The Bertz CT molecular complexity index is 721. The van der Waals surface area contributed by atoms with E-state index in [1.807, 2.05) is 6.07 Å². The van der Waals surface area contributed by atoms with E-state index in [9.17, 15) is 17.2 Å². The van der Waals surface area contributed by atoms with Gasteiger partial charge in [0.2, 0.25) is 10.0 Å². The monoisotopic (exact) mass is 312 g/mol. The first kappa shape index (κ1) is 14.4. The molecule has 1 saturated carbocycles. The average molecular weight is 312 g/mol. The van der Waals surface area contributed by atoms with E-state index in [4.69, 9.17) is 5.26 Å². The molecule has 1 heterocycles. The number of benzene rings is 1. The van der Waals surface area contributed by atoms with Gasteiger partial charge in [-0.2, -0.15) is 18.3 Å². The fourth-order valence-electron chi connectivity index (χ4n) is 2.64. The lowest BCUT2D eigenvalue weighted by Gasteiger charge is -2.34. The Labute approximate surface area is 122 Å². The van der Waals surface area contributed by atoms with Gasteiger partial charge in [-0.1, -0.05) is 24.3 Å². The van der Waals surface area contributed by atoms with Gasteiger partial charge >= 0.3 is 0 Å². The minimum Gasteiger partial charge on any atom is -0.212 e. The SMILES string of the molecule is N#CC1(CS(=O)(=O)N2Cc3ccccc3C(F)(F)C2)CC1. The van der Waals surface area contributed by atoms with Crippen LogP contribution >= 0.6 is 0 Å². The van der Waals surface area contributed by atoms with E-state index in [-0.39, 0.29) is 17.9 Å². The second-order valence-electron chi connectivity index (χ2n) is 5.78. The molecule has 0 radical (unpaired) electrons. The second-order valence-corrected chi connectivity index (χ2v) is 7.75. The first-order valence-corrected chi connectivity index (χ1v) is 8.24. The normalized spacial score (nSPS) is 23.1. The maximum absolute atomic E-state index is 14.1. The summed E-state index contributed by atoms with van der Waals surface area (Å²) in [6.07, 6.45) is 1.03. The molecule has 4 nitrogen and oxygen atoms in total. The molecule has 2 aliphatic rings. The molecular weight excluding hydrogens is 298 g/mol. The zero-order chi connectivity index (χ0) is 15.3. The van der Waals surface area contributed by atoms with Crippen LogP contribution in [0, 0.1) is 16.7 Å². The molecule has 7 heteroatoms. The van der Waals surface area contributed by atoms with Crippen LogP contribution in [-0.2, 0) is 22.5 Å². The molecule has 0 N–H and O–H groups in total. The van der Waals surface area contributed by atoms with E-state index in [1.165, 1.54) is 18.2 Å². The molecule has 0 aromatic heterocycles. The first-order chi connectivity index (χ1) is 9.78. The Morgan fingerprint density at radius 1 is 1.29 bits per heavy atom. The van der Waals surface area contributed by atoms with Crippen LogP contribution in [0.2, 0.25) is 0 Å². The van der Waals surface area contributed by atoms with Crippen LogP contribution in [0.15, 0.2) is 24.3 Å². The van der Waals surface area contributed by atoms with E-state index in [2.05, 4.69) is 0 Å². The lowest BCUT2D eigenvalue weighted by Crippen LogP contribution is -2.45. The number of nitrogens with zero attached hydrogens (tertiary/aromatic N) is 2. The number of alkyl halides is 2. The lowest BCUT2D eigenvalue weighted by atomic mass is 9.98. The van der Waals surface area contributed by atoms with E-state index in [0.717, 1.165) is 4.31 Å². The van der Waals surface area contributed by atoms with Crippen molar-refractivity contribution in [3.05, 3.63) is 35.4 Å². The van der Waals surface area contributed by atoms with E-state index < -0.39 is 27.9 Å². The van der Waals surface area contributed by atoms with Crippen molar-refractivity contribution >= 4 is 10.0 Å². The van der Waals surface area contributed by atoms with Crippen LogP contribution in [0.3, 0.4) is 0 Å². The molecule has 0 saturated heterocycles. The molecule has 0 unspecified atom stereocenters. The maximum Gasteiger partial charge on any atom is 0.287 e. The molecule has 0 bridgehead atoms. The highest BCUT2D eigenvalue weighted by atomic mass is 32.2. The van der Waals surface area contributed by atoms with Crippen molar-refractivity contribution in [1.82, 2.24) is 4.31 Å². The first-order valence-electron chi connectivity index (χ1n) is 6.63. The van der Waals surface area contributed by atoms with Crippen molar-refractivity contribution < 1.29 is 17.2 Å². The third kappa shape index (κ3) is 2.54. The van der Waals surface area contributed by atoms with Gasteiger partial charge in [-0.3, -0.25) is 0 Å². The van der Waals surface area contributed by atoms with Crippen LogP contribution in [-0.4, -0.2) is 25.0 Å². The van der Waals surface area contributed by atoms with Crippen molar-refractivity contribution in [2.75, 3.05) is 12.3 Å². The van der Waals surface area contributed by atoms with Gasteiger partial charge in [-0.25, -0.2) is 8.42 Å². The maximum atomic E-state index is 14.1. The fourth-order valence-corrected chi connectivity index (χ4v) is 4.57. The minimum atomic E-state index is -3.87. The molecule has 0 atom stereocenters. The number of fused-ring (bicyclic) bond motifs is 1. The Morgan fingerprint density at radius 3 is 2.57 bits per heavy atom. The van der Waals surface area contributed by atoms with Crippen molar-refractivity contribution in [2.45, 2.75) is 25.3 Å². The highest BCUT2D eigenvalue weighted by Crippen LogP contribution is 2.47. The molecule has 1 aromatic rings. The standard InChI is InChI=1S/C14H14F2N2O2S/c15-14(16)9-18(7-11-3-1-2-4-12(11)14)21(19,20)10-13(8-17)5-6-13/h1-4H,5-7,9-10H2. The van der Waals surface area contributed by atoms with E-state index in [1.54, 1.807) is 6.07 Å². The predicted molar refractivity (Wildman–Crippen MR) is 71.8 cm³/mol. The van der Waals surface area contributed by atoms with Crippen molar-refractivity contribution in [3.8, 4) is 6.07 Å². The Balaban J connectivity index is 1.90. The average Bonchev–Trinajstić information content (AvgIpc) is 3.17. The highest BCUT2D eigenvalue weighted by molar-refractivity contribution is 7.89. The minimum absolute atomic E-state index is 0.0599. The van der Waals surface area contributed by atoms with Crippen LogP contribution in [0.25, 0.3) is 0 Å². The number of sulfonamides is 1. The summed E-state index contributed by atoms with van der Waals surface area (Å²) < 4.78 is 53.8.